The summed E-state index contributed by atoms with van der Waals surface area (Å²) in [6.45, 7) is 5.53. The van der Waals surface area contributed by atoms with Crippen LogP contribution in [-0.2, 0) is 14.3 Å². The molecule has 46 heavy (non-hydrogen) atoms. The van der Waals surface area contributed by atoms with Gasteiger partial charge in [0, 0.05) is 24.2 Å². The standard InChI is InChI=1S/C35H30N4O6S/c1-5-44-27-15-11-23(12-16-27)31-25(20-38(37-31)26-9-7-6-8-10-26)19-29-33(41)39-32(24-13-17-28(18-14-24)45-22(3)40)30(34(42)43-4)21(2)36-35(39)46-29/h6-20,32H,5H2,1-4H3. The van der Waals surface area contributed by atoms with Crippen LogP contribution in [0.5, 0.6) is 11.5 Å². The molecule has 1 atom stereocenters. The second-order valence-electron chi connectivity index (χ2n) is 10.4. The zero-order valence-corrected chi connectivity index (χ0v) is 26.4. The Morgan fingerprint density at radius 1 is 0.978 bits per heavy atom. The molecule has 0 saturated heterocycles. The average molecular weight is 635 g/mol. The minimum atomic E-state index is -0.810. The number of para-hydroxylation sites is 1. The Bertz CT molecular complexity index is 2140. The van der Waals surface area contributed by atoms with Gasteiger partial charge >= 0.3 is 11.9 Å². The van der Waals surface area contributed by atoms with Crippen molar-refractivity contribution in [1.29, 1.82) is 0 Å². The number of fused-ring (bicyclic) bond motifs is 1. The summed E-state index contributed by atoms with van der Waals surface area (Å²) in [4.78, 5) is 43.8. The first-order valence-electron chi connectivity index (χ1n) is 14.5. The summed E-state index contributed by atoms with van der Waals surface area (Å²) in [6.07, 6.45) is 3.69. The number of carbonyl (C=O) groups excluding carboxylic acids is 2. The molecule has 0 bridgehead atoms. The molecule has 5 aromatic rings. The normalized spacial score (nSPS) is 14.4. The maximum absolute atomic E-state index is 14.2. The first kappa shape index (κ1) is 30.5. The van der Waals surface area contributed by atoms with E-state index >= 15 is 0 Å². The van der Waals surface area contributed by atoms with Crippen LogP contribution in [-0.4, -0.2) is 40.0 Å². The lowest BCUT2D eigenvalue weighted by molar-refractivity contribution is -0.136. The molecule has 0 saturated carbocycles. The molecule has 0 fully saturated rings. The number of benzene rings is 3. The van der Waals surface area contributed by atoms with E-state index in [1.165, 1.54) is 29.9 Å². The van der Waals surface area contributed by atoms with Gasteiger partial charge in [-0.25, -0.2) is 14.5 Å². The zero-order valence-electron chi connectivity index (χ0n) is 25.6. The molecular weight excluding hydrogens is 604 g/mol. The van der Waals surface area contributed by atoms with Crippen LogP contribution in [0.4, 0.5) is 0 Å². The number of allylic oxidation sites excluding steroid dienone is 1. The number of hydrogen-bond acceptors (Lipinski definition) is 9. The van der Waals surface area contributed by atoms with Gasteiger partial charge in [-0.15, -0.1) is 0 Å². The summed E-state index contributed by atoms with van der Waals surface area (Å²) in [7, 11) is 1.29. The van der Waals surface area contributed by atoms with E-state index < -0.39 is 18.0 Å². The smallest absolute Gasteiger partial charge is 0.338 e. The van der Waals surface area contributed by atoms with Crippen molar-refractivity contribution in [1.82, 2.24) is 14.3 Å². The molecule has 1 aliphatic rings. The van der Waals surface area contributed by atoms with Crippen LogP contribution in [0.3, 0.4) is 0 Å². The summed E-state index contributed by atoms with van der Waals surface area (Å²) in [6, 6.07) is 23.2. The molecule has 0 radical (unpaired) electrons. The quantitative estimate of drug-likeness (QED) is 0.181. The maximum Gasteiger partial charge on any atom is 0.338 e. The van der Waals surface area contributed by atoms with Gasteiger partial charge in [-0.2, -0.15) is 5.10 Å². The molecule has 2 aromatic heterocycles. The van der Waals surface area contributed by atoms with Crippen molar-refractivity contribution in [2.24, 2.45) is 4.99 Å². The van der Waals surface area contributed by atoms with Gasteiger partial charge in [-0.05, 0) is 74.0 Å². The van der Waals surface area contributed by atoms with E-state index in [2.05, 4.69) is 4.99 Å². The summed E-state index contributed by atoms with van der Waals surface area (Å²) in [5.41, 5.74) is 4.13. The third-order valence-electron chi connectivity index (χ3n) is 7.37. The Morgan fingerprint density at radius 2 is 1.67 bits per heavy atom. The van der Waals surface area contributed by atoms with Crippen LogP contribution >= 0.6 is 11.3 Å². The fraction of sp³-hybridized carbons (Fsp3) is 0.171. The van der Waals surface area contributed by atoms with E-state index in [4.69, 9.17) is 19.3 Å². The summed E-state index contributed by atoms with van der Waals surface area (Å²) >= 11 is 1.23. The highest BCUT2D eigenvalue weighted by Crippen LogP contribution is 2.32. The molecule has 0 aliphatic carbocycles. The molecule has 1 aliphatic heterocycles. The van der Waals surface area contributed by atoms with Gasteiger partial charge in [0.05, 0.1) is 41.2 Å². The van der Waals surface area contributed by atoms with Crippen molar-refractivity contribution in [3.63, 3.8) is 0 Å². The number of nitrogens with zero attached hydrogens (tertiary/aromatic N) is 4. The number of methoxy groups -OCH3 is 1. The van der Waals surface area contributed by atoms with Crippen LogP contribution in [0.15, 0.2) is 106 Å². The Kier molecular flexibility index (Phi) is 8.49. The predicted octanol–water partition coefficient (Wildman–Crippen LogP) is 4.58. The largest absolute Gasteiger partial charge is 0.494 e. The van der Waals surface area contributed by atoms with Crippen LogP contribution in [0.2, 0.25) is 0 Å². The van der Waals surface area contributed by atoms with Crippen molar-refractivity contribution in [3.05, 3.63) is 127 Å². The molecule has 1 unspecified atom stereocenters. The minimum Gasteiger partial charge on any atom is -0.494 e. The van der Waals surface area contributed by atoms with E-state index in [1.807, 2.05) is 67.7 Å². The van der Waals surface area contributed by atoms with Gasteiger partial charge in [0.1, 0.15) is 17.2 Å². The first-order chi connectivity index (χ1) is 22.3. The lowest BCUT2D eigenvalue weighted by atomic mass is 9.96. The van der Waals surface area contributed by atoms with Gasteiger partial charge in [-0.3, -0.25) is 14.2 Å². The molecule has 11 heteroatoms. The number of thiazole rings is 1. The lowest BCUT2D eigenvalue weighted by Gasteiger charge is -2.24. The van der Waals surface area contributed by atoms with Crippen LogP contribution in [0.1, 0.15) is 37.9 Å². The molecule has 3 aromatic carbocycles. The minimum absolute atomic E-state index is 0.244. The summed E-state index contributed by atoms with van der Waals surface area (Å²) in [5.74, 6) is 0.0564. The van der Waals surface area contributed by atoms with E-state index in [9.17, 15) is 14.4 Å². The fourth-order valence-electron chi connectivity index (χ4n) is 5.34. The van der Waals surface area contributed by atoms with E-state index in [0.29, 0.717) is 38.6 Å². The third kappa shape index (κ3) is 5.92. The van der Waals surface area contributed by atoms with Crippen molar-refractivity contribution in [2.75, 3.05) is 13.7 Å². The molecule has 10 nitrogen and oxygen atoms in total. The average Bonchev–Trinajstić information content (AvgIpc) is 3.61. The fourth-order valence-corrected chi connectivity index (χ4v) is 6.38. The van der Waals surface area contributed by atoms with Crippen molar-refractivity contribution < 1.29 is 23.8 Å². The first-order valence-corrected chi connectivity index (χ1v) is 15.4. The van der Waals surface area contributed by atoms with Crippen LogP contribution < -0.4 is 24.4 Å². The summed E-state index contributed by atoms with van der Waals surface area (Å²) in [5, 5.41) is 4.90. The number of aromatic nitrogens is 3. The lowest BCUT2D eigenvalue weighted by Crippen LogP contribution is -2.39. The van der Waals surface area contributed by atoms with Crippen molar-refractivity contribution >= 4 is 29.4 Å². The van der Waals surface area contributed by atoms with Crippen LogP contribution in [0, 0.1) is 0 Å². The highest BCUT2D eigenvalue weighted by Gasteiger charge is 2.33. The molecule has 6 rings (SSSR count). The van der Waals surface area contributed by atoms with Crippen LogP contribution in [0.25, 0.3) is 23.0 Å². The summed E-state index contributed by atoms with van der Waals surface area (Å²) < 4.78 is 19.6. The highest BCUT2D eigenvalue weighted by atomic mass is 32.1. The maximum atomic E-state index is 14.2. The molecule has 3 heterocycles. The molecule has 232 valence electrons. The number of hydrogen-bond donors (Lipinski definition) is 0. The Morgan fingerprint density at radius 3 is 2.33 bits per heavy atom. The monoisotopic (exact) mass is 634 g/mol. The number of rotatable bonds is 8. The SMILES string of the molecule is CCOc1ccc(-c2nn(-c3ccccc3)cc2C=c2sc3n(c2=O)C(c2ccc(OC(C)=O)cc2)C(C(=O)OC)=C(C)N=3)cc1. The van der Waals surface area contributed by atoms with Gasteiger partial charge in [0.2, 0.25) is 0 Å². The van der Waals surface area contributed by atoms with E-state index in [-0.39, 0.29) is 11.1 Å². The topological polar surface area (TPSA) is 114 Å². The van der Waals surface area contributed by atoms with Gasteiger partial charge in [-0.1, -0.05) is 41.7 Å². The second-order valence-corrected chi connectivity index (χ2v) is 11.4. The number of ether oxygens (including phenoxy) is 3. The number of esters is 2. The van der Waals surface area contributed by atoms with E-state index in [1.54, 1.807) is 41.9 Å². The van der Waals surface area contributed by atoms with Crippen molar-refractivity contribution in [3.8, 4) is 28.4 Å². The molecule has 0 spiro atoms. The Hall–Kier alpha value is -5.55. The number of carbonyl (C=O) groups is 2. The molecule has 0 amide bonds. The Labute approximate surface area is 268 Å². The van der Waals surface area contributed by atoms with Gasteiger partial charge < -0.3 is 14.2 Å². The Balaban J connectivity index is 1.52. The van der Waals surface area contributed by atoms with E-state index in [0.717, 1.165) is 22.6 Å². The third-order valence-corrected chi connectivity index (χ3v) is 8.36. The van der Waals surface area contributed by atoms with Gasteiger partial charge in [0.15, 0.2) is 4.80 Å². The predicted molar refractivity (Wildman–Crippen MR) is 174 cm³/mol. The second kappa shape index (κ2) is 12.8. The highest BCUT2D eigenvalue weighted by molar-refractivity contribution is 7.07. The molecular formula is C35H30N4O6S. The molecule has 0 N–H and O–H groups in total. The van der Waals surface area contributed by atoms with Crippen molar-refractivity contribution in [2.45, 2.75) is 26.8 Å². The zero-order chi connectivity index (χ0) is 32.4. The van der Waals surface area contributed by atoms with Gasteiger partial charge in [0.25, 0.3) is 5.56 Å².